The predicted octanol–water partition coefficient (Wildman–Crippen LogP) is 4.39. The van der Waals surface area contributed by atoms with Gasteiger partial charge in [-0.25, -0.2) is 4.98 Å². The molecule has 0 fully saturated rings. The first-order valence-corrected chi connectivity index (χ1v) is 10.0. The normalized spacial score (nSPS) is 16.5. The van der Waals surface area contributed by atoms with Crippen LogP contribution in [-0.4, -0.2) is 28.9 Å². The van der Waals surface area contributed by atoms with Crippen LogP contribution in [0, 0.1) is 0 Å². The number of hydrogen-bond donors (Lipinski definition) is 0. The van der Waals surface area contributed by atoms with Gasteiger partial charge in [0.1, 0.15) is 5.56 Å². The highest BCUT2D eigenvalue weighted by molar-refractivity contribution is 7.10. The van der Waals surface area contributed by atoms with Crippen LogP contribution in [-0.2, 0) is 6.42 Å². The van der Waals surface area contributed by atoms with Gasteiger partial charge < -0.3 is 9.64 Å². The number of carbonyl (C=O) groups is 1. The molecule has 0 saturated carbocycles. The minimum Gasteiger partial charge on any atom is -0.477 e. The van der Waals surface area contributed by atoms with Crippen molar-refractivity contribution in [1.82, 2.24) is 9.88 Å². The molecule has 0 N–H and O–H groups in total. The molecule has 0 bridgehead atoms. The van der Waals surface area contributed by atoms with Crippen molar-refractivity contribution in [1.29, 1.82) is 0 Å². The molecule has 0 spiro atoms. The number of carbonyl (C=O) groups excluding carboxylic acids is 1. The molecule has 3 aromatic heterocycles. The average Bonchev–Trinajstić information content (AvgIpc) is 3.32. The Morgan fingerprint density at radius 2 is 2.20 bits per heavy atom. The molecule has 3 aromatic rings. The second-order valence-electron chi connectivity index (χ2n) is 5.75. The van der Waals surface area contributed by atoms with Gasteiger partial charge in [-0.15, -0.1) is 22.7 Å². The van der Waals surface area contributed by atoms with E-state index in [9.17, 15) is 4.79 Å². The van der Waals surface area contributed by atoms with Gasteiger partial charge in [0.25, 0.3) is 5.91 Å². The van der Waals surface area contributed by atoms with Crippen LogP contribution in [0.5, 0.6) is 5.88 Å². The Kier molecular flexibility index (Phi) is 4.55. The van der Waals surface area contributed by atoms with Gasteiger partial charge in [0, 0.05) is 22.5 Å². The van der Waals surface area contributed by atoms with Crippen molar-refractivity contribution in [3.05, 3.63) is 68.2 Å². The van der Waals surface area contributed by atoms with Crippen molar-refractivity contribution >= 4 is 28.6 Å². The van der Waals surface area contributed by atoms with E-state index in [1.165, 1.54) is 15.3 Å². The maximum absolute atomic E-state index is 13.3. The zero-order valence-electron chi connectivity index (χ0n) is 13.8. The number of pyridine rings is 1. The highest BCUT2D eigenvalue weighted by atomic mass is 32.1. The lowest BCUT2D eigenvalue weighted by Gasteiger charge is -2.35. The van der Waals surface area contributed by atoms with Gasteiger partial charge in [-0.1, -0.05) is 6.07 Å². The molecule has 25 heavy (non-hydrogen) atoms. The Balaban J connectivity index is 1.75. The summed E-state index contributed by atoms with van der Waals surface area (Å²) in [6, 6.07) is 9.85. The zero-order chi connectivity index (χ0) is 17.2. The van der Waals surface area contributed by atoms with E-state index in [-0.39, 0.29) is 11.9 Å². The van der Waals surface area contributed by atoms with E-state index in [4.69, 9.17) is 4.74 Å². The lowest BCUT2D eigenvalue weighted by Crippen LogP contribution is -2.40. The fourth-order valence-electron chi connectivity index (χ4n) is 3.25. The van der Waals surface area contributed by atoms with Crippen LogP contribution in [0.4, 0.5) is 0 Å². The zero-order valence-corrected chi connectivity index (χ0v) is 15.5. The molecule has 1 aliphatic heterocycles. The van der Waals surface area contributed by atoms with Crippen molar-refractivity contribution < 1.29 is 9.53 Å². The largest absolute Gasteiger partial charge is 0.477 e. The van der Waals surface area contributed by atoms with Gasteiger partial charge in [0.2, 0.25) is 5.88 Å². The van der Waals surface area contributed by atoms with Crippen molar-refractivity contribution in [2.75, 3.05) is 13.2 Å². The molecule has 1 amide bonds. The van der Waals surface area contributed by atoms with E-state index in [2.05, 4.69) is 27.9 Å². The third-order valence-electron chi connectivity index (χ3n) is 4.32. The third-order valence-corrected chi connectivity index (χ3v) is 6.24. The number of aromatic nitrogens is 1. The molecule has 0 aliphatic carbocycles. The Hall–Kier alpha value is -2.18. The Bertz CT molecular complexity index is 873. The van der Waals surface area contributed by atoms with Crippen LogP contribution in [0.25, 0.3) is 0 Å². The second kappa shape index (κ2) is 6.98. The molecule has 4 rings (SSSR count). The van der Waals surface area contributed by atoms with E-state index in [1.807, 2.05) is 17.9 Å². The average molecular weight is 370 g/mol. The lowest BCUT2D eigenvalue weighted by molar-refractivity contribution is 0.0693. The molecule has 6 heteroatoms. The third kappa shape index (κ3) is 2.96. The van der Waals surface area contributed by atoms with Crippen LogP contribution in [0.3, 0.4) is 0 Å². The van der Waals surface area contributed by atoms with E-state index in [0.29, 0.717) is 24.6 Å². The number of thiophene rings is 2. The minimum atomic E-state index is -0.0304. The second-order valence-corrected chi connectivity index (χ2v) is 7.73. The first kappa shape index (κ1) is 16.3. The number of ether oxygens (including phenoxy) is 1. The molecule has 0 saturated heterocycles. The van der Waals surface area contributed by atoms with Crippen LogP contribution in [0.15, 0.2) is 47.3 Å². The van der Waals surface area contributed by atoms with Gasteiger partial charge in [-0.3, -0.25) is 4.79 Å². The summed E-state index contributed by atoms with van der Waals surface area (Å²) in [5, 5.41) is 4.18. The summed E-state index contributed by atoms with van der Waals surface area (Å²) in [7, 11) is 0. The van der Waals surface area contributed by atoms with Crippen LogP contribution in [0.1, 0.15) is 38.6 Å². The quantitative estimate of drug-likeness (QED) is 0.684. The number of hydrogen-bond acceptors (Lipinski definition) is 5. The molecule has 0 unspecified atom stereocenters. The first-order valence-electron chi connectivity index (χ1n) is 8.28. The highest BCUT2D eigenvalue weighted by Crippen LogP contribution is 2.40. The lowest BCUT2D eigenvalue weighted by atomic mass is 9.97. The van der Waals surface area contributed by atoms with Gasteiger partial charge in [-0.2, -0.15) is 0 Å². The van der Waals surface area contributed by atoms with Crippen molar-refractivity contribution in [3.63, 3.8) is 0 Å². The van der Waals surface area contributed by atoms with Gasteiger partial charge in [0.15, 0.2) is 0 Å². The molecular weight excluding hydrogens is 352 g/mol. The van der Waals surface area contributed by atoms with E-state index in [0.717, 1.165) is 6.42 Å². The molecule has 0 radical (unpaired) electrons. The van der Waals surface area contributed by atoms with Crippen molar-refractivity contribution in [3.8, 4) is 5.88 Å². The summed E-state index contributed by atoms with van der Waals surface area (Å²) in [5.74, 6) is 0.392. The SMILES string of the molecule is CCOc1ncccc1C(=O)N1CCc2sccc2[C@H]1c1cccs1. The maximum atomic E-state index is 13.3. The Morgan fingerprint density at radius 3 is 3.00 bits per heavy atom. The fraction of sp³-hybridized carbons (Fsp3) is 0.263. The van der Waals surface area contributed by atoms with Crippen LogP contribution in [0.2, 0.25) is 0 Å². The van der Waals surface area contributed by atoms with E-state index < -0.39 is 0 Å². The number of rotatable bonds is 4. The summed E-state index contributed by atoms with van der Waals surface area (Å²) in [5.41, 5.74) is 1.78. The predicted molar refractivity (Wildman–Crippen MR) is 101 cm³/mol. The topological polar surface area (TPSA) is 42.4 Å². The van der Waals surface area contributed by atoms with Gasteiger partial charge >= 0.3 is 0 Å². The molecular formula is C19H18N2O2S2. The van der Waals surface area contributed by atoms with E-state index >= 15 is 0 Å². The fourth-order valence-corrected chi connectivity index (χ4v) is 5.01. The molecule has 4 nitrogen and oxygen atoms in total. The molecule has 4 heterocycles. The number of nitrogens with zero attached hydrogens (tertiary/aromatic N) is 2. The smallest absolute Gasteiger partial charge is 0.260 e. The molecule has 1 aliphatic rings. The van der Waals surface area contributed by atoms with Gasteiger partial charge in [-0.05, 0) is 53.9 Å². The summed E-state index contributed by atoms with van der Waals surface area (Å²) < 4.78 is 5.58. The summed E-state index contributed by atoms with van der Waals surface area (Å²) in [4.78, 5) is 22.1. The molecule has 0 aromatic carbocycles. The van der Waals surface area contributed by atoms with Crippen molar-refractivity contribution in [2.45, 2.75) is 19.4 Å². The minimum absolute atomic E-state index is 0.0215. The number of amides is 1. The molecule has 128 valence electrons. The maximum Gasteiger partial charge on any atom is 0.260 e. The highest BCUT2D eigenvalue weighted by Gasteiger charge is 2.35. The van der Waals surface area contributed by atoms with Gasteiger partial charge in [0.05, 0.1) is 12.6 Å². The molecule has 1 atom stereocenters. The summed E-state index contributed by atoms with van der Waals surface area (Å²) in [6.07, 6.45) is 2.55. The van der Waals surface area contributed by atoms with Crippen LogP contribution < -0.4 is 4.74 Å². The van der Waals surface area contributed by atoms with Crippen molar-refractivity contribution in [2.24, 2.45) is 0 Å². The Labute approximate surface area is 154 Å². The number of fused-ring (bicyclic) bond motifs is 1. The first-order chi connectivity index (χ1) is 12.3. The summed E-state index contributed by atoms with van der Waals surface area (Å²) in [6.45, 7) is 3.09. The van der Waals surface area contributed by atoms with E-state index in [1.54, 1.807) is 41.0 Å². The standard InChI is InChI=1S/C19H18N2O2S2/c1-2-23-18-14(5-3-9-20-18)19(22)21-10-7-15-13(8-12-25-15)17(21)16-6-4-11-24-16/h3-6,8-9,11-12,17H,2,7,10H2,1H3/t17-/m0/s1. The Morgan fingerprint density at radius 1 is 1.28 bits per heavy atom. The monoisotopic (exact) mass is 370 g/mol. The van der Waals surface area contributed by atoms with Crippen LogP contribution >= 0.6 is 22.7 Å². The summed E-state index contributed by atoms with van der Waals surface area (Å²) >= 11 is 3.47.